The lowest BCUT2D eigenvalue weighted by atomic mass is 9.96. The first kappa shape index (κ1) is 46.5. The zero-order chi connectivity index (χ0) is 47.4. The molecule has 8 rings (SSSR count). The maximum absolute atomic E-state index is 13.9. The number of allylic oxidation sites excluding steroid dienone is 2. The lowest BCUT2D eigenvalue weighted by molar-refractivity contribution is -0.185. The van der Waals surface area contributed by atoms with Gasteiger partial charge in [-0.2, -0.15) is 23.4 Å². The number of halogens is 3. The summed E-state index contributed by atoms with van der Waals surface area (Å²) in [6.07, 6.45) is 1.27. The third-order valence-electron chi connectivity index (χ3n) is 11.9. The van der Waals surface area contributed by atoms with Crippen LogP contribution in [0.1, 0.15) is 92.6 Å². The molecule has 0 atom stereocenters. The lowest BCUT2D eigenvalue weighted by Crippen LogP contribution is -2.40. The number of ether oxygens (including phenoxy) is 2. The number of amides is 3. The summed E-state index contributed by atoms with van der Waals surface area (Å²) >= 11 is 0. The van der Waals surface area contributed by atoms with E-state index in [4.69, 9.17) is 19.4 Å². The van der Waals surface area contributed by atoms with Gasteiger partial charge in [0.05, 0.1) is 41.6 Å². The summed E-state index contributed by atoms with van der Waals surface area (Å²) in [4.78, 5) is 65.0. The molecule has 0 unspecified atom stereocenters. The van der Waals surface area contributed by atoms with Crippen molar-refractivity contribution in [3.8, 4) is 11.5 Å². The summed E-state index contributed by atoms with van der Waals surface area (Å²) < 4.78 is 59.1. The van der Waals surface area contributed by atoms with Crippen LogP contribution in [0.4, 0.5) is 25.1 Å². The summed E-state index contributed by atoms with van der Waals surface area (Å²) in [7, 11) is 0. The number of anilines is 2. The lowest BCUT2D eigenvalue weighted by Gasteiger charge is -2.32. The minimum atomic E-state index is -4.18. The molecule has 67 heavy (non-hydrogen) atoms. The van der Waals surface area contributed by atoms with Crippen LogP contribution < -0.4 is 25.4 Å². The molecule has 2 aliphatic heterocycles. The smallest absolute Gasteiger partial charge is 0.391 e. The summed E-state index contributed by atoms with van der Waals surface area (Å²) in [6.45, 7) is 10.5. The number of carbonyl (C=O) groups is 4. The highest BCUT2D eigenvalue weighted by Crippen LogP contribution is 2.35. The van der Waals surface area contributed by atoms with Crippen LogP contribution in [0.2, 0.25) is 0 Å². The standard InChI is InChI=1S/C46H53F3N12O6/c1-5-60-35(21-28(3)55-60)42(64)53-44-51-33-23-30(27-62)24-37-39(33)58(44)15-7-8-16-59-40-34(52-45(59)54-43(65)36-22-29(4)56-61(36)6-2)25-31(26-38(40)67-20-10-19-66-37)41(63)50-13-9-14-57-17-11-32(12-18-57)46(47,48)49/h7-8,21-27,32H,5-6,9-20H2,1-4H3,(H,50,63)(H,51,53,64)(H,52,54,65)/b8-7+. The molecule has 3 N–H and O–H groups in total. The van der Waals surface area contributed by atoms with E-state index in [-0.39, 0.29) is 56.6 Å². The summed E-state index contributed by atoms with van der Waals surface area (Å²) in [5.74, 6) is -1.44. The van der Waals surface area contributed by atoms with Gasteiger partial charge in [-0.1, -0.05) is 12.2 Å². The number of piperidine rings is 1. The topological polar surface area (TPSA) is 197 Å². The molecule has 354 valence electrons. The number of aldehydes is 1. The summed E-state index contributed by atoms with van der Waals surface area (Å²) in [5, 5.41) is 17.7. The van der Waals surface area contributed by atoms with Gasteiger partial charge in [-0.05, 0) is 103 Å². The average Bonchev–Trinajstić information content (AvgIpc) is 4.07. The Morgan fingerprint density at radius 2 is 1.30 bits per heavy atom. The van der Waals surface area contributed by atoms with E-state index in [9.17, 15) is 32.3 Å². The first-order valence-electron chi connectivity index (χ1n) is 22.5. The maximum atomic E-state index is 13.9. The van der Waals surface area contributed by atoms with Crippen molar-refractivity contribution in [1.82, 2.24) is 48.9 Å². The van der Waals surface area contributed by atoms with Gasteiger partial charge in [0.1, 0.15) is 40.2 Å². The van der Waals surface area contributed by atoms with Gasteiger partial charge in [-0.3, -0.25) is 39.2 Å². The van der Waals surface area contributed by atoms with Gasteiger partial charge >= 0.3 is 6.18 Å². The van der Waals surface area contributed by atoms with E-state index in [2.05, 4.69) is 26.1 Å². The molecule has 0 bridgehead atoms. The Kier molecular flexibility index (Phi) is 13.8. The van der Waals surface area contributed by atoms with E-state index < -0.39 is 29.8 Å². The zero-order valence-electron chi connectivity index (χ0n) is 37.8. The minimum absolute atomic E-state index is 0.0634. The molecule has 1 fully saturated rings. The molecule has 0 aliphatic carbocycles. The van der Waals surface area contributed by atoms with Crippen LogP contribution in [0.3, 0.4) is 0 Å². The Bertz CT molecular complexity index is 2850. The molecule has 0 radical (unpaired) electrons. The van der Waals surface area contributed by atoms with Crippen molar-refractivity contribution in [3.05, 3.63) is 82.5 Å². The Morgan fingerprint density at radius 3 is 1.82 bits per heavy atom. The average molecular weight is 927 g/mol. The Balaban J connectivity index is 1.11. The van der Waals surface area contributed by atoms with Crippen molar-refractivity contribution in [1.29, 1.82) is 0 Å². The fourth-order valence-electron chi connectivity index (χ4n) is 8.59. The van der Waals surface area contributed by atoms with Crippen molar-refractivity contribution >= 4 is 58.0 Å². The van der Waals surface area contributed by atoms with Crippen molar-refractivity contribution in [3.63, 3.8) is 0 Å². The maximum Gasteiger partial charge on any atom is 0.391 e. The number of alkyl halides is 3. The van der Waals surface area contributed by atoms with E-state index in [1.54, 1.807) is 68.7 Å². The molecule has 21 heteroatoms. The molecule has 2 aliphatic rings. The Labute approximate surface area is 383 Å². The minimum Gasteiger partial charge on any atom is -0.491 e. The fourth-order valence-corrected chi connectivity index (χ4v) is 8.59. The SMILES string of the molecule is CCn1nc(C)cc1C(=O)Nc1nc2cc(C=O)cc3c2n1C/C=C/Cn1c(NC(=O)c2cc(C)nn2CC)nc2cc(C(=O)NCCCN4CCC(C(F)(F)F)CC4)cc(c21)OCCCO3. The van der Waals surface area contributed by atoms with E-state index in [1.807, 2.05) is 30.9 Å². The molecule has 18 nitrogen and oxygen atoms in total. The van der Waals surface area contributed by atoms with Crippen LogP contribution in [-0.2, 0) is 26.2 Å². The third kappa shape index (κ3) is 10.2. The number of imidazole rings is 2. The molecule has 1 saturated heterocycles. The van der Waals surface area contributed by atoms with Crippen LogP contribution in [0.25, 0.3) is 22.1 Å². The third-order valence-corrected chi connectivity index (χ3v) is 11.9. The second kappa shape index (κ2) is 19.8. The Hall–Kier alpha value is -7.03. The molecule has 4 aromatic heterocycles. The van der Waals surface area contributed by atoms with Crippen LogP contribution in [0.5, 0.6) is 11.5 Å². The van der Waals surface area contributed by atoms with Crippen LogP contribution >= 0.6 is 0 Å². The predicted molar refractivity (Wildman–Crippen MR) is 243 cm³/mol. The van der Waals surface area contributed by atoms with Crippen LogP contribution in [0.15, 0.2) is 48.6 Å². The van der Waals surface area contributed by atoms with E-state index >= 15 is 0 Å². The number of nitrogens with one attached hydrogen (secondary N) is 3. The van der Waals surface area contributed by atoms with Crippen molar-refractivity contribution in [2.45, 2.75) is 85.7 Å². The van der Waals surface area contributed by atoms with Gasteiger partial charge in [0.25, 0.3) is 17.7 Å². The monoisotopic (exact) mass is 926 g/mol. The van der Waals surface area contributed by atoms with Gasteiger partial charge in [-0.25, -0.2) is 9.97 Å². The van der Waals surface area contributed by atoms with E-state index in [0.717, 1.165) is 0 Å². The molecule has 3 amide bonds. The second-order valence-corrected chi connectivity index (χ2v) is 16.6. The number of hydrogen-bond donors (Lipinski definition) is 3. The van der Waals surface area contributed by atoms with Crippen molar-refractivity contribution in [2.24, 2.45) is 5.92 Å². The first-order chi connectivity index (χ1) is 32.2. The van der Waals surface area contributed by atoms with Gasteiger partial charge in [0.15, 0.2) is 0 Å². The quantitative estimate of drug-likeness (QED) is 0.0683. The number of aromatic nitrogens is 8. The van der Waals surface area contributed by atoms with E-state index in [0.29, 0.717) is 120 Å². The molecule has 6 aromatic rings. The largest absolute Gasteiger partial charge is 0.491 e. The summed E-state index contributed by atoms with van der Waals surface area (Å²) in [6, 6.07) is 9.87. The fraction of sp³-hybridized carbons (Fsp3) is 0.435. The number of likely N-dealkylation sites (tertiary alicyclic amines) is 1. The summed E-state index contributed by atoms with van der Waals surface area (Å²) in [5.41, 5.74) is 4.48. The normalized spacial score (nSPS) is 15.6. The highest BCUT2D eigenvalue weighted by atomic mass is 19.4. The predicted octanol–water partition coefficient (Wildman–Crippen LogP) is 6.56. The number of carbonyl (C=O) groups excluding carboxylic acids is 4. The molecular formula is C46H53F3N12O6. The number of hydrogen-bond acceptors (Lipinski definition) is 11. The van der Waals surface area contributed by atoms with Crippen LogP contribution in [-0.4, -0.2) is 113 Å². The van der Waals surface area contributed by atoms with Gasteiger partial charge in [0.2, 0.25) is 11.9 Å². The highest BCUT2D eigenvalue weighted by molar-refractivity contribution is 6.05. The molecule has 6 heterocycles. The first-order valence-corrected chi connectivity index (χ1v) is 22.5. The molecule has 0 saturated carbocycles. The highest BCUT2D eigenvalue weighted by Gasteiger charge is 2.41. The van der Waals surface area contributed by atoms with Gasteiger partial charge < -0.3 is 28.8 Å². The molecule has 2 aromatic carbocycles. The van der Waals surface area contributed by atoms with Gasteiger partial charge in [-0.15, -0.1) is 0 Å². The van der Waals surface area contributed by atoms with Crippen molar-refractivity contribution in [2.75, 3.05) is 50.0 Å². The number of rotatable bonds is 12. The zero-order valence-corrected chi connectivity index (χ0v) is 37.8. The molecule has 0 spiro atoms. The van der Waals surface area contributed by atoms with E-state index in [1.165, 1.54) is 0 Å². The Morgan fingerprint density at radius 1 is 0.761 bits per heavy atom. The molecular weight excluding hydrogens is 874 g/mol. The number of aryl methyl sites for hydroxylation is 4. The van der Waals surface area contributed by atoms with Crippen LogP contribution in [0, 0.1) is 19.8 Å². The van der Waals surface area contributed by atoms with Crippen molar-refractivity contribution < 1.29 is 41.8 Å². The number of nitrogens with zero attached hydrogens (tertiary/aromatic N) is 9. The number of benzene rings is 2. The van der Waals surface area contributed by atoms with Gasteiger partial charge in [0, 0.05) is 50.3 Å². The second-order valence-electron chi connectivity index (χ2n) is 16.6.